The van der Waals surface area contributed by atoms with E-state index in [1.807, 2.05) is 7.05 Å². The molecule has 102 valence electrons. The summed E-state index contributed by atoms with van der Waals surface area (Å²) < 4.78 is 0. The standard InChI is InChI=1S/C13H29N3O/c1-14-12(6-9-17)10-16(4)11-13(15(2)3)7-5-8-13/h12,14,17H,5-11H2,1-4H3. The molecule has 0 aromatic heterocycles. The fourth-order valence-corrected chi connectivity index (χ4v) is 2.76. The van der Waals surface area contributed by atoms with Crippen molar-refractivity contribution in [3.63, 3.8) is 0 Å². The molecule has 0 radical (unpaired) electrons. The summed E-state index contributed by atoms with van der Waals surface area (Å²) in [5.74, 6) is 0. The molecule has 1 aliphatic carbocycles. The molecule has 17 heavy (non-hydrogen) atoms. The highest BCUT2D eigenvalue weighted by Gasteiger charge is 2.39. The van der Waals surface area contributed by atoms with Crippen molar-refractivity contribution >= 4 is 0 Å². The van der Waals surface area contributed by atoms with Gasteiger partial charge in [-0.1, -0.05) is 0 Å². The summed E-state index contributed by atoms with van der Waals surface area (Å²) in [7, 11) is 8.54. The maximum atomic E-state index is 8.99. The second-order valence-corrected chi connectivity index (χ2v) is 5.67. The lowest BCUT2D eigenvalue weighted by molar-refractivity contribution is 0.0251. The van der Waals surface area contributed by atoms with Crippen molar-refractivity contribution in [3.8, 4) is 0 Å². The Balaban J connectivity index is 2.39. The summed E-state index contributed by atoms with van der Waals surface area (Å²) >= 11 is 0. The third-order valence-corrected chi connectivity index (χ3v) is 4.22. The van der Waals surface area contributed by atoms with Gasteiger partial charge in [-0.05, 0) is 53.9 Å². The largest absolute Gasteiger partial charge is 0.396 e. The highest BCUT2D eigenvalue weighted by Crippen LogP contribution is 2.36. The molecule has 1 saturated carbocycles. The van der Waals surface area contributed by atoms with Crippen molar-refractivity contribution < 1.29 is 5.11 Å². The van der Waals surface area contributed by atoms with Crippen molar-refractivity contribution in [2.75, 3.05) is 47.9 Å². The van der Waals surface area contributed by atoms with Crippen LogP contribution < -0.4 is 5.32 Å². The van der Waals surface area contributed by atoms with E-state index in [1.54, 1.807) is 0 Å². The molecule has 0 bridgehead atoms. The molecular weight excluding hydrogens is 214 g/mol. The first kappa shape index (κ1) is 14.9. The van der Waals surface area contributed by atoms with Crippen LogP contribution in [0.3, 0.4) is 0 Å². The number of aliphatic hydroxyl groups excluding tert-OH is 1. The quantitative estimate of drug-likeness (QED) is 0.646. The molecule has 1 aliphatic rings. The average Bonchev–Trinajstić information content (AvgIpc) is 2.22. The van der Waals surface area contributed by atoms with E-state index in [2.05, 4.69) is 36.3 Å². The molecule has 0 aromatic rings. The zero-order valence-corrected chi connectivity index (χ0v) is 11.9. The summed E-state index contributed by atoms with van der Waals surface area (Å²) in [6.07, 6.45) is 4.82. The molecule has 2 N–H and O–H groups in total. The van der Waals surface area contributed by atoms with Gasteiger partial charge in [-0.15, -0.1) is 0 Å². The van der Waals surface area contributed by atoms with Crippen LogP contribution in [0.25, 0.3) is 0 Å². The molecule has 0 heterocycles. The molecule has 0 aliphatic heterocycles. The normalized spacial score (nSPS) is 20.6. The molecule has 4 nitrogen and oxygen atoms in total. The Morgan fingerprint density at radius 2 is 1.94 bits per heavy atom. The highest BCUT2D eigenvalue weighted by molar-refractivity contribution is 4.98. The van der Waals surface area contributed by atoms with E-state index in [0.717, 1.165) is 19.5 Å². The van der Waals surface area contributed by atoms with Crippen molar-refractivity contribution in [1.29, 1.82) is 0 Å². The van der Waals surface area contributed by atoms with Crippen LogP contribution in [0, 0.1) is 0 Å². The molecule has 0 amide bonds. The summed E-state index contributed by atoms with van der Waals surface area (Å²) in [6.45, 7) is 2.40. The van der Waals surface area contributed by atoms with Gasteiger partial charge in [0, 0.05) is 31.3 Å². The summed E-state index contributed by atoms with van der Waals surface area (Å²) in [4.78, 5) is 4.78. The number of rotatable bonds is 8. The van der Waals surface area contributed by atoms with Crippen LogP contribution in [0.4, 0.5) is 0 Å². The predicted octanol–water partition coefficient (Wildman–Crippen LogP) is 0.373. The van der Waals surface area contributed by atoms with Crippen LogP contribution in [0.1, 0.15) is 25.7 Å². The number of hydrogen-bond donors (Lipinski definition) is 2. The number of aliphatic hydroxyl groups is 1. The maximum Gasteiger partial charge on any atom is 0.0446 e. The Morgan fingerprint density at radius 3 is 2.29 bits per heavy atom. The van der Waals surface area contributed by atoms with Crippen LogP contribution in [-0.4, -0.2) is 74.4 Å². The lowest BCUT2D eigenvalue weighted by Crippen LogP contribution is -2.57. The van der Waals surface area contributed by atoms with E-state index in [0.29, 0.717) is 11.6 Å². The molecular formula is C13H29N3O. The van der Waals surface area contributed by atoms with Gasteiger partial charge in [-0.25, -0.2) is 0 Å². The van der Waals surface area contributed by atoms with Crippen molar-refractivity contribution in [1.82, 2.24) is 15.1 Å². The zero-order valence-electron chi connectivity index (χ0n) is 11.9. The monoisotopic (exact) mass is 243 g/mol. The number of likely N-dealkylation sites (N-methyl/N-ethyl adjacent to an activating group) is 3. The first-order chi connectivity index (χ1) is 8.04. The predicted molar refractivity (Wildman–Crippen MR) is 72.3 cm³/mol. The van der Waals surface area contributed by atoms with Crippen molar-refractivity contribution in [3.05, 3.63) is 0 Å². The SMILES string of the molecule is CNC(CCO)CN(C)CC1(N(C)C)CCC1. The van der Waals surface area contributed by atoms with Crippen LogP contribution in [-0.2, 0) is 0 Å². The Morgan fingerprint density at radius 1 is 1.29 bits per heavy atom. The van der Waals surface area contributed by atoms with E-state index >= 15 is 0 Å². The molecule has 1 fully saturated rings. The summed E-state index contributed by atoms with van der Waals surface area (Å²) in [6, 6.07) is 0.393. The second-order valence-electron chi connectivity index (χ2n) is 5.67. The van der Waals surface area contributed by atoms with Gasteiger partial charge in [-0.2, -0.15) is 0 Å². The average molecular weight is 243 g/mol. The van der Waals surface area contributed by atoms with E-state index in [4.69, 9.17) is 5.11 Å². The third kappa shape index (κ3) is 3.91. The van der Waals surface area contributed by atoms with Crippen LogP contribution in [0.2, 0.25) is 0 Å². The summed E-state index contributed by atoms with van der Waals surface area (Å²) in [5, 5.41) is 12.3. The minimum Gasteiger partial charge on any atom is -0.396 e. The Labute approximate surface area is 106 Å². The topological polar surface area (TPSA) is 38.7 Å². The molecule has 1 rings (SSSR count). The van der Waals surface area contributed by atoms with Crippen molar-refractivity contribution in [2.45, 2.75) is 37.3 Å². The van der Waals surface area contributed by atoms with Gasteiger partial charge in [0.1, 0.15) is 0 Å². The molecule has 0 aromatic carbocycles. The van der Waals surface area contributed by atoms with Gasteiger partial charge >= 0.3 is 0 Å². The van der Waals surface area contributed by atoms with E-state index in [9.17, 15) is 0 Å². The Bertz CT molecular complexity index is 217. The van der Waals surface area contributed by atoms with E-state index < -0.39 is 0 Å². The Hall–Kier alpha value is -0.160. The minimum atomic E-state index is 0.262. The smallest absolute Gasteiger partial charge is 0.0446 e. The first-order valence-corrected chi connectivity index (χ1v) is 6.68. The highest BCUT2D eigenvalue weighted by atomic mass is 16.3. The van der Waals surface area contributed by atoms with Gasteiger partial charge < -0.3 is 20.2 Å². The first-order valence-electron chi connectivity index (χ1n) is 6.68. The maximum absolute atomic E-state index is 8.99. The van der Waals surface area contributed by atoms with Gasteiger partial charge in [0.2, 0.25) is 0 Å². The minimum absolute atomic E-state index is 0.262. The molecule has 0 saturated heterocycles. The number of nitrogens with one attached hydrogen (secondary N) is 1. The molecule has 0 spiro atoms. The molecule has 4 heteroatoms. The third-order valence-electron chi connectivity index (χ3n) is 4.22. The van der Waals surface area contributed by atoms with Gasteiger partial charge in [0.25, 0.3) is 0 Å². The van der Waals surface area contributed by atoms with Gasteiger partial charge in [-0.3, -0.25) is 0 Å². The van der Waals surface area contributed by atoms with E-state index in [1.165, 1.54) is 19.3 Å². The number of nitrogens with zero attached hydrogens (tertiary/aromatic N) is 2. The zero-order chi connectivity index (χ0) is 12.9. The van der Waals surface area contributed by atoms with Gasteiger partial charge in [0.15, 0.2) is 0 Å². The molecule has 1 unspecified atom stereocenters. The van der Waals surface area contributed by atoms with Gasteiger partial charge in [0.05, 0.1) is 0 Å². The van der Waals surface area contributed by atoms with Crippen LogP contribution in [0.5, 0.6) is 0 Å². The summed E-state index contributed by atoms with van der Waals surface area (Å²) in [5.41, 5.74) is 0.395. The lowest BCUT2D eigenvalue weighted by atomic mass is 9.75. The second kappa shape index (κ2) is 6.69. The fraction of sp³-hybridized carbons (Fsp3) is 1.00. The van der Waals surface area contributed by atoms with Crippen molar-refractivity contribution in [2.24, 2.45) is 0 Å². The lowest BCUT2D eigenvalue weighted by Gasteiger charge is -2.49. The Kier molecular flexibility index (Phi) is 5.86. The van der Waals surface area contributed by atoms with Crippen LogP contribution >= 0.6 is 0 Å². The molecule has 1 atom stereocenters. The van der Waals surface area contributed by atoms with Crippen LogP contribution in [0.15, 0.2) is 0 Å². The fourth-order valence-electron chi connectivity index (χ4n) is 2.76. The number of hydrogen-bond acceptors (Lipinski definition) is 4. The van der Waals surface area contributed by atoms with E-state index in [-0.39, 0.29) is 6.61 Å².